The number of pyridine rings is 5. The summed E-state index contributed by atoms with van der Waals surface area (Å²) in [4.78, 5) is 0. The van der Waals surface area contributed by atoms with Gasteiger partial charge in [0.25, 0.3) is 0 Å². The van der Waals surface area contributed by atoms with E-state index in [1.165, 1.54) is 57.9 Å². The second-order valence-corrected chi connectivity index (χ2v) is 20.1. The zero-order valence-electron chi connectivity index (χ0n) is 67.2. The highest BCUT2D eigenvalue weighted by Gasteiger charge is 2.18. The smallest absolute Gasteiger partial charge is 0.201 e. The fourth-order valence-electron chi connectivity index (χ4n) is 9.47. The van der Waals surface area contributed by atoms with Gasteiger partial charge in [0, 0.05) is 112 Å². The molecule has 0 atom stereocenters. The van der Waals surface area contributed by atoms with Crippen LogP contribution in [0.3, 0.4) is 0 Å². The molecule has 0 saturated heterocycles. The highest BCUT2D eigenvalue weighted by Crippen LogP contribution is 2.27. The van der Waals surface area contributed by atoms with Crippen molar-refractivity contribution in [2.45, 2.75) is 115 Å². The molecule has 0 amide bonds. The van der Waals surface area contributed by atoms with E-state index in [1.807, 2.05) is 153 Å². The number of aryl methyl sites for hydroxylation is 13. The van der Waals surface area contributed by atoms with Crippen molar-refractivity contribution in [1.82, 2.24) is 0 Å². The number of nitrogens with zero attached hydrogens (tertiary/aromatic N) is 5. The first-order valence-electron chi connectivity index (χ1n) is 36.3. The molecule has 82 heavy (non-hydrogen) atoms. The molecule has 0 unspecified atom stereocenters. The Kier molecular flexibility index (Phi) is 16.2. The molecule has 0 N–H and O–H groups in total. The van der Waals surface area contributed by atoms with Crippen molar-refractivity contribution in [2.75, 3.05) is 0 Å². The molecule has 0 aliphatic heterocycles. The molecule has 0 aliphatic carbocycles. The third-order valence-electron chi connectivity index (χ3n) is 14.2. The Hall–Kier alpha value is -8.15. The quantitative estimate of drug-likeness (QED) is 0.128. The highest BCUT2D eigenvalue weighted by molar-refractivity contribution is 5.65. The van der Waals surface area contributed by atoms with Gasteiger partial charge in [0.1, 0.15) is 35.2 Å². The van der Waals surface area contributed by atoms with Crippen LogP contribution in [0.2, 0.25) is 0 Å². The van der Waals surface area contributed by atoms with Gasteiger partial charge in [0.15, 0.2) is 31.0 Å². The average molecular weight is 1110 g/mol. The topological polar surface area (TPSA) is 19.4 Å². The molecule has 424 valence electrons. The lowest BCUT2D eigenvalue weighted by atomic mass is 9.99. The number of aromatic nitrogens is 5. The summed E-state index contributed by atoms with van der Waals surface area (Å²) in [5.74, 6) is -5.37. The van der Waals surface area contributed by atoms with E-state index in [-0.39, 0.29) is 18.6 Å². The second-order valence-electron chi connectivity index (χ2n) is 20.1. The zero-order chi connectivity index (χ0) is 74.0. The van der Waals surface area contributed by atoms with E-state index in [0.29, 0.717) is 11.3 Å². The third-order valence-corrected chi connectivity index (χ3v) is 14.2. The van der Waals surface area contributed by atoms with E-state index in [9.17, 15) is 0 Å². The largest absolute Gasteiger partial charge is 0.215 e. The van der Waals surface area contributed by atoms with Crippen molar-refractivity contribution in [3.05, 3.63) is 269 Å². The summed E-state index contributed by atoms with van der Waals surface area (Å²) in [6.07, 6.45) is 8.70. The Bertz CT molecular complexity index is 4370. The van der Waals surface area contributed by atoms with E-state index < -0.39 is 52.4 Å². The van der Waals surface area contributed by atoms with Crippen LogP contribution in [0.4, 0.5) is 0 Å². The summed E-state index contributed by atoms with van der Waals surface area (Å²) in [7, 11) is 9.51. The molecule has 10 rings (SSSR count). The van der Waals surface area contributed by atoms with Crippen LogP contribution in [-0.4, -0.2) is 0 Å². The maximum absolute atomic E-state index is 8.31. The van der Waals surface area contributed by atoms with Crippen LogP contribution < -0.4 is 22.8 Å². The fourth-order valence-corrected chi connectivity index (χ4v) is 9.47. The van der Waals surface area contributed by atoms with Crippen molar-refractivity contribution in [3.63, 3.8) is 0 Å². The first-order valence-corrected chi connectivity index (χ1v) is 27.1. The fraction of sp³-hybridized carbons (Fsp3) is 0.286. The Morgan fingerprint density at radius 2 is 0.829 bits per heavy atom. The van der Waals surface area contributed by atoms with E-state index in [2.05, 4.69) is 100 Å². The van der Waals surface area contributed by atoms with Gasteiger partial charge < -0.3 is 0 Å². The lowest BCUT2D eigenvalue weighted by molar-refractivity contribution is -0.661. The van der Waals surface area contributed by atoms with E-state index in [0.717, 1.165) is 62.4 Å². The Morgan fingerprint density at radius 1 is 0.402 bits per heavy atom. The lowest BCUT2D eigenvalue weighted by Gasteiger charge is -2.08. The summed E-state index contributed by atoms with van der Waals surface area (Å²) in [6.45, 7) is 1.12. The number of benzene rings is 5. The van der Waals surface area contributed by atoms with E-state index in [4.69, 9.17) is 24.7 Å². The molecule has 0 bridgehead atoms. The van der Waals surface area contributed by atoms with Crippen LogP contribution in [0.5, 0.6) is 0 Å². The van der Waals surface area contributed by atoms with Gasteiger partial charge >= 0.3 is 0 Å². The molecule has 5 aromatic carbocycles. The molecule has 5 heteroatoms. The monoisotopic (exact) mass is 1110 g/mol. The van der Waals surface area contributed by atoms with Gasteiger partial charge in [-0.15, -0.1) is 0 Å². The Morgan fingerprint density at radius 3 is 1.27 bits per heavy atom. The summed E-state index contributed by atoms with van der Waals surface area (Å²) in [5, 5.41) is 0. The molecule has 0 spiro atoms. The summed E-state index contributed by atoms with van der Waals surface area (Å²) < 4.78 is 148. The normalized spacial score (nSPS) is 14.8. The van der Waals surface area contributed by atoms with Crippen LogP contribution in [-0.2, 0) is 48.0 Å². The number of hydrogen-bond acceptors (Lipinski definition) is 0. The summed E-state index contributed by atoms with van der Waals surface area (Å²) in [5.41, 5.74) is 18.7. The van der Waals surface area contributed by atoms with Crippen molar-refractivity contribution in [1.29, 1.82) is 0 Å². The second kappa shape index (κ2) is 31.2. The maximum atomic E-state index is 8.31. The zero-order valence-corrected chi connectivity index (χ0v) is 49.2. The lowest BCUT2D eigenvalue weighted by Crippen LogP contribution is -2.31. The molecule has 0 fully saturated rings. The molecule has 5 aromatic heterocycles. The average Bonchev–Trinajstić information content (AvgIpc) is 0.750. The molecule has 5 heterocycles. The summed E-state index contributed by atoms with van der Waals surface area (Å²) >= 11 is 0. The Labute approximate surface area is 520 Å². The standard InChI is InChI=1S/2C16H20N.2C15H18N.C14H16N.CH4/c1-12(2)14-9-10-17(4)16(11-14)15-8-6-5-7-13(15)3;1-12(2)14-9-10-16(17(4)11-14)15-8-6-5-7-13(15)3;1-4-13-9-7-11-16(3)15(13)14-10-6-5-8-12(14)2;1-4-13-9-10-16(3)15(11-13)14-8-6-5-7-12(14)2;1-11-8-9-14(15(3)10-11)13-7-5-4-6-12(13)2;/h2*5-12H,1-4H3;2*5-11H,4H2,1-3H3;4-10H,1-3H3;1H4/q5*+1;/i2*1D3,2D3,12D;4D2;;1D2;. The maximum Gasteiger partial charge on any atom is 0.215 e. The minimum absolute atomic E-state index is 0. The van der Waals surface area contributed by atoms with Crippen molar-refractivity contribution in [2.24, 2.45) is 35.2 Å². The highest BCUT2D eigenvalue weighted by atomic mass is 14.9. The van der Waals surface area contributed by atoms with Gasteiger partial charge in [-0.05, 0) is 154 Å². The van der Waals surface area contributed by atoms with Crippen molar-refractivity contribution in [3.8, 4) is 56.3 Å². The first kappa shape index (κ1) is 42.7. The van der Waals surface area contributed by atoms with Gasteiger partial charge in [0.05, 0.1) is 0 Å². The minimum Gasteiger partial charge on any atom is -0.201 e. The molecule has 0 saturated carbocycles. The van der Waals surface area contributed by atoms with Crippen molar-refractivity contribution < 1.29 is 47.5 Å². The molecule has 0 radical (unpaired) electrons. The number of hydrogen-bond donors (Lipinski definition) is 0. The molecule has 10 aromatic rings. The van der Waals surface area contributed by atoms with Crippen LogP contribution in [0.15, 0.2) is 213 Å². The van der Waals surface area contributed by atoms with Crippen LogP contribution >= 0.6 is 0 Å². The SMILES string of the molecule is C.CCc1cc[n+](C)c(-c2ccccc2C)c1.[2H]C([2H])(C)c1ccc[n+](C)c1-c1ccccc1C.[2H]C([2H])([2H])C([2H])(c1cc[n+](C)c(-c2ccccc2C)c1)C([2H])([2H])[2H].[2H]C([2H])([2H])C([2H])(c1ccc(-c2ccccc2C)[n+](C)c1)C([2H])([2H])[2H].[2H]C([2H])c1ccc(-c2ccccc2C)[n+](C)c1. The van der Waals surface area contributed by atoms with Gasteiger partial charge in [-0.25, -0.2) is 22.8 Å². The van der Waals surface area contributed by atoms with E-state index in [1.54, 1.807) is 42.4 Å². The van der Waals surface area contributed by atoms with Gasteiger partial charge in [0.2, 0.25) is 28.5 Å². The van der Waals surface area contributed by atoms with Crippen LogP contribution in [0.25, 0.3) is 56.3 Å². The van der Waals surface area contributed by atoms with Crippen LogP contribution in [0.1, 0.15) is 141 Å². The van der Waals surface area contributed by atoms with E-state index >= 15 is 0 Å². The predicted octanol–water partition coefficient (Wildman–Crippen LogP) is 16.7. The van der Waals surface area contributed by atoms with Gasteiger partial charge in [-0.3, -0.25) is 0 Å². The van der Waals surface area contributed by atoms with Gasteiger partial charge in [-0.2, -0.15) is 0 Å². The molecule has 5 nitrogen and oxygen atoms in total. The van der Waals surface area contributed by atoms with Gasteiger partial charge in [-0.1, -0.05) is 140 Å². The first-order chi connectivity index (χ1) is 46.0. The molecule has 0 aliphatic rings. The molecular weight excluding hydrogens is 995 g/mol. The predicted molar refractivity (Wildman–Crippen MR) is 347 cm³/mol. The van der Waals surface area contributed by atoms with Crippen LogP contribution in [0, 0.1) is 41.5 Å². The summed E-state index contributed by atoms with van der Waals surface area (Å²) in [6, 6.07) is 58.1. The molecular formula is C77H96N5+5. The number of rotatable bonds is 9. The third kappa shape index (κ3) is 17.2. The minimum atomic E-state index is -2.98. The van der Waals surface area contributed by atoms with Crippen molar-refractivity contribution >= 4 is 0 Å². The Balaban J connectivity index is 0.000000227.